The molecule has 0 saturated heterocycles. The molecule has 2 amide bonds. The van der Waals surface area contributed by atoms with E-state index in [1.807, 2.05) is 62.4 Å². The number of thiazole rings is 1. The fourth-order valence-electron chi connectivity index (χ4n) is 3.71. The Morgan fingerprint density at radius 2 is 1.76 bits per heavy atom. The molecule has 0 saturated carbocycles. The quantitative estimate of drug-likeness (QED) is 0.284. The van der Waals surface area contributed by atoms with Gasteiger partial charge < -0.3 is 25.2 Å². The first kappa shape index (κ1) is 29.1. The van der Waals surface area contributed by atoms with Crippen LogP contribution in [0.15, 0.2) is 54.7 Å². The van der Waals surface area contributed by atoms with Gasteiger partial charge in [0, 0.05) is 17.3 Å². The first-order valence-corrected chi connectivity index (χ1v) is 13.6. The molecule has 1 heterocycles. The topological polar surface area (TPSA) is 110 Å². The number of amides is 2. The number of rotatable bonds is 12. The van der Waals surface area contributed by atoms with Gasteiger partial charge in [0.25, 0.3) is 0 Å². The van der Waals surface area contributed by atoms with E-state index in [-0.39, 0.29) is 5.91 Å². The zero-order valence-corrected chi connectivity index (χ0v) is 23.4. The Morgan fingerprint density at radius 3 is 2.42 bits per heavy atom. The van der Waals surface area contributed by atoms with Gasteiger partial charge in [0.05, 0.1) is 11.5 Å². The van der Waals surface area contributed by atoms with Crippen LogP contribution in [0.2, 0.25) is 0 Å². The maximum absolute atomic E-state index is 13.0. The highest BCUT2D eigenvalue weighted by Gasteiger charge is 2.32. The van der Waals surface area contributed by atoms with Crippen molar-refractivity contribution >= 4 is 28.3 Å². The van der Waals surface area contributed by atoms with Crippen LogP contribution >= 0.6 is 11.3 Å². The molecule has 3 aromatic rings. The highest BCUT2D eigenvalue weighted by Crippen LogP contribution is 2.34. The zero-order chi connectivity index (χ0) is 27.7. The summed E-state index contributed by atoms with van der Waals surface area (Å²) in [5, 5.41) is 16.2. The first-order valence-electron chi connectivity index (χ1n) is 12.8. The normalized spacial score (nSPS) is 12.9. The number of carbonyl (C=O) groups excluding carboxylic acids is 2. The van der Waals surface area contributed by atoms with Crippen LogP contribution in [-0.4, -0.2) is 40.7 Å². The summed E-state index contributed by atoms with van der Waals surface area (Å²) < 4.78 is 11.7. The van der Waals surface area contributed by atoms with Gasteiger partial charge in [-0.1, -0.05) is 63.7 Å². The number of benzene rings is 2. The van der Waals surface area contributed by atoms with Crippen molar-refractivity contribution in [2.24, 2.45) is 5.41 Å². The number of nitrogens with zero attached hydrogens (tertiary/aromatic N) is 1. The minimum atomic E-state index is -1.22. The molecule has 0 radical (unpaired) electrons. The Labute approximate surface area is 228 Å². The molecular formula is C29H37N3O5S. The molecule has 8 nitrogen and oxygen atoms in total. The molecule has 9 heteroatoms. The lowest BCUT2D eigenvalue weighted by atomic mass is 9.88. The van der Waals surface area contributed by atoms with Crippen molar-refractivity contribution in [3.8, 4) is 21.9 Å². The molecule has 0 fully saturated rings. The van der Waals surface area contributed by atoms with Crippen molar-refractivity contribution in [1.82, 2.24) is 10.3 Å². The van der Waals surface area contributed by atoms with Gasteiger partial charge in [-0.25, -0.2) is 4.98 Å². The molecule has 38 heavy (non-hydrogen) atoms. The Balaban J connectivity index is 1.76. The Morgan fingerprint density at radius 1 is 1.03 bits per heavy atom. The predicted molar refractivity (Wildman–Crippen MR) is 150 cm³/mol. The Bertz CT molecular complexity index is 1210. The van der Waals surface area contributed by atoms with Crippen LogP contribution in [0.25, 0.3) is 10.4 Å². The second-order valence-corrected chi connectivity index (χ2v) is 11.0. The van der Waals surface area contributed by atoms with Crippen molar-refractivity contribution < 1.29 is 24.2 Å². The van der Waals surface area contributed by atoms with E-state index in [4.69, 9.17) is 9.47 Å². The summed E-state index contributed by atoms with van der Waals surface area (Å²) in [4.78, 5) is 30.8. The van der Waals surface area contributed by atoms with Crippen LogP contribution in [0.4, 0.5) is 5.13 Å². The number of aliphatic hydroxyl groups excluding tert-OH is 1. The summed E-state index contributed by atoms with van der Waals surface area (Å²) in [6.45, 7) is 10.1. The second-order valence-electron chi connectivity index (χ2n) is 9.99. The number of para-hydroxylation sites is 1. The predicted octanol–water partition coefficient (Wildman–Crippen LogP) is 5.42. The van der Waals surface area contributed by atoms with E-state index in [0.717, 1.165) is 27.5 Å². The van der Waals surface area contributed by atoms with Crippen molar-refractivity contribution in [2.75, 3.05) is 11.9 Å². The zero-order valence-electron chi connectivity index (χ0n) is 22.6. The SMILES string of the molecule is CCCC(NC(=O)[C@@H](O)C(C)(C)C)C(=O)Nc1ncc(-c2ccc(OCC)cc2COc2ccccc2)s1. The molecule has 3 rings (SSSR count). The average molecular weight is 540 g/mol. The third kappa shape index (κ3) is 8.03. The van der Waals surface area contributed by atoms with Gasteiger partial charge in [-0.05, 0) is 49.1 Å². The van der Waals surface area contributed by atoms with Crippen LogP contribution in [-0.2, 0) is 16.2 Å². The molecule has 0 aliphatic heterocycles. The average Bonchev–Trinajstić information content (AvgIpc) is 3.35. The number of carbonyl (C=O) groups is 2. The van der Waals surface area contributed by atoms with Gasteiger partial charge >= 0.3 is 0 Å². The molecule has 3 N–H and O–H groups in total. The van der Waals surface area contributed by atoms with Gasteiger partial charge in [-0.3, -0.25) is 9.59 Å². The highest BCUT2D eigenvalue weighted by molar-refractivity contribution is 7.19. The fourth-order valence-corrected chi connectivity index (χ4v) is 4.59. The summed E-state index contributed by atoms with van der Waals surface area (Å²) in [6.07, 6.45) is 1.60. The molecule has 2 aromatic carbocycles. The van der Waals surface area contributed by atoms with E-state index >= 15 is 0 Å². The molecule has 1 unspecified atom stereocenters. The number of aromatic nitrogens is 1. The molecular weight excluding hydrogens is 502 g/mol. The number of nitrogens with one attached hydrogen (secondary N) is 2. The molecule has 0 spiro atoms. The lowest BCUT2D eigenvalue weighted by Gasteiger charge is -2.26. The van der Waals surface area contributed by atoms with E-state index in [9.17, 15) is 14.7 Å². The van der Waals surface area contributed by atoms with Crippen LogP contribution in [0.5, 0.6) is 11.5 Å². The van der Waals surface area contributed by atoms with Gasteiger partial charge in [0.2, 0.25) is 11.8 Å². The van der Waals surface area contributed by atoms with Crippen molar-refractivity contribution in [1.29, 1.82) is 0 Å². The van der Waals surface area contributed by atoms with E-state index in [1.54, 1.807) is 27.0 Å². The lowest BCUT2D eigenvalue weighted by molar-refractivity contribution is -0.137. The number of hydrogen-bond acceptors (Lipinski definition) is 7. The van der Waals surface area contributed by atoms with Crippen LogP contribution in [0, 0.1) is 5.41 Å². The fraction of sp³-hybridized carbons (Fsp3) is 0.414. The smallest absolute Gasteiger partial charge is 0.250 e. The standard InChI is InChI=1S/C29H37N3O5S/c1-6-11-23(31-27(35)25(33)29(3,4)5)26(34)32-28-30-17-24(38-28)22-15-14-21(36-7-2)16-19(22)18-37-20-12-9-8-10-13-20/h8-10,12-17,23,25,33H,6-7,11,18H2,1-5H3,(H,31,35)(H,30,32,34)/t23?,25-/m1/s1. The molecule has 204 valence electrons. The monoisotopic (exact) mass is 539 g/mol. The van der Waals surface area contributed by atoms with Crippen molar-refractivity contribution in [2.45, 2.75) is 66.2 Å². The number of anilines is 1. The summed E-state index contributed by atoms with van der Waals surface area (Å²) in [5.41, 5.74) is 1.21. The van der Waals surface area contributed by atoms with Crippen molar-refractivity contribution in [3.05, 3.63) is 60.3 Å². The third-order valence-electron chi connectivity index (χ3n) is 5.81. The van der Waals surface area contributed by atoms with E-state index in [2.05, 4.69) is 15.6 Å². The molecule has 0 aliphatic carbocycles. The Kier molecular flexibility index (Phi) is 10.3. The van der Waals surface area contributed by atoms with Gasteiger partial charge in [-0.15, -0.1) is 0 Å². The molecule has 1 aromatic heterocycles. The first-order chi connectivity index (χ1) is 18.1. The summed E-state index contributed by atoms with van der Waals surface area (Å²) >= 11 is 1.33. The van der Waals surface area contributed by atoms with Gasteiger partial charge in [0.15, 0.2) is 5.13 Å². The summed E-state index contributed by atoms with van der Waals surface area (Å²) in [7, 11) is 0. The second kappa shape index (κ2) is 13.4. The van der Waals surface area contributed by atoms with Crippen molar-refractivity contribution in [3.63, 3.8) is 0 Å². The van der Waals surface area contributed by atoms with Gasteiger partial charge in [-0.2, -0.15) is 0 Å². The van der Waals surface area contributed by atoms with Crippen LogP contribution < -0.4 is 20.1 Å². The molecule has 0 bridgehead atoms. The summed E-state index contributed by atoms with van der Waals surface area (Å²) in [5.74, 6) is 0.569. The number of aliphatic hydroxyl groups is 1. The number of ether oxygens (including phenoxy) is 2. The molecule has 0 aliphatic rings. The lowest BCUT2D eigenvalue weighted by Crippen LogP contribution is -2.50. The largest absolute Gasteiger partial charge is 0.494 e. The Hall–Kier alpha value is -3.43. The maximum Gasteiger partial charge on any atom is 0.250 e. The minimum absolute atomic E-state index is 0.334. The van der Waals surface area contributed by atoms with E-state index in [0.29, 0.717) is 31.2 Å². The molecule has 2 atom stereocenters. The number of hydrogen-bond donors (Lipinski definition) is 3. The highest BCUT2D eigenvalue weighted by atomic mass is 32.1. The third-order valence-corrected chi connectivity index (χ3v) is 6.75. The van der Waals surface area contributed by atoms with Gasteiger partial charge in [0.1, 0.15) is 30.3 Å². The minimum Gasteiger partial charge on any atom is -0.494 e. The summed E-state index contributed by atoms with van der Waals surface area (Å²) in [6, 6.07) is 14.6. The van der Waals surface area contributed by atoms with E-state index in [1.165, 1.54) is 11.3 Å². The van der Waals surface area contributed by atoms with E-state index < -0.39 is 23.5 Å². The maximum atomic E-state index is 13.0. The van der Waals surface area contributed by atoms with Crippen LogP contribution in [0.3, 0.4) is 0 Å². The van der Waals surface area contributed by atoms with Crippen LogP contribution in [0.1, 0.15) is 53.0 Å².